The lowest BCUT2D eigenvalue weighted by molar-refractivity contribution is -0.145. The van der Waals surface area contributed by atoms with Crippen LogP contribution in [0, 0.1) is 0 Å². The number of furan rings is 1. The van der Waals surface area contributed by atoms with Crippen molar-refractivity contribution in [3.05, 3.63) is 47.4 Å². The minimum Gasteiger partial charge on any atom is -0.493 e. The molecular weight excluding hydrogens is 380 g/mol. The van der Waals surface area contributed by atoms with E-state index in [0.717, 1.165) is 0 Å². The summed E-state index contributed by atoms with van der Waals surface area (Å²) in [5.41, 5.74) is 0.665. The molecule has 0 bridgehead atoms. The highest BCUT2D eigenvalue weighted by molar-refractivity contribution is 5.99. The van der Waals surface area contributed by atoms with Gasteiger partial charge in [0.05, 0.1) is 27.0 Å². The molecule has 0 aliphatic carbocycles. The van der Waals surface area contributed by atoms with Crippen molar-refractivity contribution < 1.29 is 33.0 Å². The third-order valence-electron chi connectivity index (χ3n) is 5.09. The predicted molar refractivity (Wildman–Crippen MR) is 98.1 cm³/mol. The first kappa shape index (κ1) is 18.9. The molecule has 152 valence electrons. The lowest BCUT2D eigenvalue weighted by Gasteiger charge is -2.29. The van der Waals surface area contributed by atoms with Gasteiger partial charge in [0.2, 0.25) is 18.0 Å². The number of methoxy groups -OCH3 is 2. The largest absolute Gasteiger partial charge is 0.493 e. The van der Waals surface area contributed by atoms with Crippen LogP contribution in [0.1, 0.15) is 40.8 Å². The Balaban J connectivity index is 1.61. The number of hydrogen-bond donors (Lipinski definition) is 1. The van der Waals surface area contributed by atoms with E-state index >= 15 is 0 Å². The second-order valence-corrected chi connectivity index (χ2v) is 6.68. The summed E-state index contributed by atoms with van der Waals surface area (Å²) in [5, 5.41) is 2.77. The second-order valence-electron chi connectivity index (χ2n) is 6.68. The molecule has 2 amide bonds. The molecule has 4 rings (SSSR count). The summed E-state index contributed by atoms with van der Waals surface area (Å²) in [6.45, 7) is 0.205. The Labute approximate surface area is 166 Å². The number of esters is 1. The number of nitrogens with one attached hydrogen (secondary N) is 1. The normalized spacial score (nSPS) is 20.4. The van der Waals surface area contributed by atoms with Crippen LogP contribution in [0.25, 0.3) is 0 Å². The summed E-state index contributed by atoms with van der Waals surface area (Å²) in [6, 6.07) is 6.00. The number of amides is 2. The standard InChI is InChI=1S/C20H20N2O7/c1-26-14-7-5-12-16(17(14)27-2)20(25)29-19(12)22-13(6-8-15(22)23)18(24)21-10-11-4-3-9-28-11/h3-5,7,9,13,19H,6,8,10H2,1-2H3,(H,21,24)/t13-,19-/m1/s1. The maximum atomic E-state index is 12.7. The number of nitrogens with zero attached hydrogens (tertiary/aromatic N) is 1. The number of carbonyl (C=O) groups excluding carboxylic acids is 3. The highest BCUT2D eigenvalue weighted by Gasteiger charge is 2.47. The fraction of sp³-hybridized carbons (Fsp3) is 0.350. The van der Waals surface area contributed by atoms with Gasteiger partial charge in [-0.15, -0.1) is 0 Å². The Bertz CT molecular complexity index is 954. The van der Waals surface area contributed by atoms with Gasteiger partial charge in [-0.05, 0) is 30.7 Å². The molecule has 9 heteroatoms. The van der Waals surface area contributed by atoms with Gasteiger partial charge >= 0.3 is 5.97 Å². The quantitative estimate of drug-likeness (QED) is 0.737. The zero-order chi connectivity index (χ0) is 20.5. The van der Waals surface area contributed by atoms with Gasteiger partial charge in [0.15, 0.2) is 11.5 Å². The fourth-order valence-electron chi connectivity index (χ4n) is 3.75. The number of likely N-dealkylation sites (tertiary alicyclic amines) is 1. The molecule has 0 radical (unpaired) electrons. The molecule has 0 unspecified atom stereocenters. The Kier molecular flexibility index (Phi) is 4.87. The average molecular weight is 400 g/mol. The summed E-state index contributed by atoms with van der Waals surface area (Å²) in [4.78, 5) is 39.2. The molecular formula is C20H20N2O7. The van der Waals surface area contributed by atoms with E-state index in [1.807, 2.05) is 0 Å². The third kappa shape index (κ3) is 3.18. The number of hydrogen-bond acceptors (Lipinski definition) is 7. The van der Waals surface area contributed by atoms with Gasteiger partial charge in [0.1, 0.15) is 17.4 Å². The van der Waals surface area contributed by atoms with E-state index in [1.54, 1.807) is 24.3 Å². The van der Waals surface area contributed by atoms with E-state index < -0.39 is 18.2 Å². The summed E-state index contributed by atoms with van der Waals surface area (Å²) in [6.07, 6.45) is 1.05. The summed E-state index contributed by atoms with van der Waals surface area (Å²) < 4.78 is 21.3. The smallest absolute Gasteiger partial charge is 0.344 e. The highest BCUT2D eigenvalue weighted by Crippen LogP contribution is 2.45. The first-order chi connectivity index (χ1) is 14.0. The van der Waals surface area contributed by atoms with Crippen molar-refractivity contribution in [3.63, 3.8) is 0 Å². The first-order valence-corrected chi connectivity index (χ1v) is 9.12. The Morgan fingerprint density at radius 2 is 2.07 bits per heavy atom. The van der Waals surface area contributed by atoms with Crippen LogP contribution < -0.4 is 14.8 Å². The molecule has 2 aromatic rings. The van der Waals surface area contributed by atoms with Crippen LogP contribution in [0.3, 0.4) is 0 Å². The van der Waals surface area contributed by atoms with Crippen LogP contribution in [-0.2, 0) is 20.9 Å². The molecule has 2 aliphatic rings. The first-order valence-electron chi connectivity index (χ1n) is 9.12. The zero-order valence-electron chi connectivity index (χ0n) is 16.0. The van der Waals surface area contributed by atoms with Gasteiger partial charge in [-0.2, -0.15) is 0 Å². The van der Waals surface area contributed by atoms with E-state index in [4.69, 9.17) is 18.6 Å². The van der Waals surface area contributed by atoms with Crippen molar-refractivity contribution in [2.75, 3.05) is 14.2 Å². The van der Waals surface area contributed by atoms with Crippen molar-refractivity contribution in [2.24, 2.45) is 0 Å². The Morgan fingerprint density at radius 1 is 1.24 bits per heavy atom. The molecule has 9 nitrogen and oxygen atoms in total. The van der Waals surface area contributed by atoms with Gasteiger partial charge in [-0.25, -0.2) is 4.79 Å². The predicted octanol–water partition coefficient (Wildman–Crippen LogP) is 1.77. The van der Waals surface area contributed by atoms with Gasteiger partial charge in [-0.1, -0.05) is 0 Å². The van der Waals surface area contributed by atoms with Crippen LogP contribution in [0.4, 0.5) is 0 Å². The number of ether oxygens (including phenoxy) is 3. The third-order valence-corrected chi connectivity index (χ3v) is 5.09. The molecule has 0 saturated carbocycles. The zero-order valence-corrected chi connectivity index (χ0v) is 16.0. The minimum absolute atomic E-state index is 0.190. The van der Waals surface area contributed by atoms with E-state index in [-0.39, 0.29) is 36.1 Å². The van der Waals surface area contributed by atoms with Gasteiger partial charge in [0.25, 0.3) is 0 Å². The number of rotatable bonds is 6. The molecule has 0 spiro atoms. The number of carbonyl (C=O) groups is 3. The monoisotopic (exact) mass is 400 g/mol. The van der Waals surface area contributed by atoms with Gasteiger partial charge in [0, 0.05) is 12.0 Å². The average Bonchev–Trinajstić information content (AvgIpc) is 3.45. The Morgan fingerprint density at radius 3 is 2.76 bits per heavy atom. The molecule has 1 saturated heterocycles. The van der Waals surface area contributed by atoms with Crippen molar-refractivity contribution in [2.45, 2.75) is 31.7 Å². The minimum atomic E-state index is -0.994. The van der Waals surface area contributed by atoms with Crippen molar-refractivity contribution in [1.82, 2.24) is 10.2 Å². The summed E-state index contributed by atoms with van der Waals surface area (Å²) in [5.74, 6) is -0.00740. The molecule has 2 aliphatic heterocycles. The number of cyclic esters (lactones) is 1. The molecule has 2 atom stereocenters. The second kappa shape index (κ2) is 7.50. The molecule has 29 heavy (non-hydrogen) atoms. The molecule has 1 fully saturated rings. The fourth-order valence-corrected chi connectivity index (χ4v) is 3.75. The van der Waals surface area contributed by atoms with E-state index in [0.29, 0.717) is 23.5 Å². The van der Waals surface area contributed by atoms with Crippen LogP contribution in [0.5, 0.6) is 11.5 Å². The molecule has 3 heterocycles. The number of fused-ring (bicyclic) bond motifs is 1. The molecule has 1 N–H and O–H groups in total. The molecule has 1 aromatic heterocycles. The van der Waals surface area contributed by atoms with Gasteiger partial charge in [-0.3, -0.25) is 14.5 Å². The molecule has 1 aromatic carbocycles. The van der Waals surface area contributed by atoms with Crippen LogP contribution in [0.2, 0.25) is 0 Å². The number of benzene rings is 1. The topological polar surface area (TPSA) is 107 Å². The highest BCUT2D eigenvalue weighted by atomic mass is 16.6. The Hall–Kier alpha value is -3.49. The summed E-state index contributed by atoms with van der Waals surface area (Å²) in [7, 11) is 2.88. The van der Waals surface area contributed by atoms with E-state index in [9.17, 15) is 14.4 Å². The summed E-state index contributed by atoms with van der Waals surface area (Å²) >= 11 is 0. The maximum absolute atomic E-state index is 12.7. The van der Waals surface area contributed by atoms with Crippen molar-refractivity contribution >= 4 is 17.8 Å². The SMILES string of the molecule is COc1ccc2c(c1OC)C(=O)O[C@H]2N1C(=O)CC[C@@H]1C(=O)NCc1ccco1. The van der Waals surface area contributed by atoms with E-state index in [1.165, 1.54) is 25.4 Å². The van der Waals surface area contributed by atoms with Crippen molar-refractivity contribution in [1.29, 1.82) is 0 Å². The lowest BCUT2D eigenvalue weighted by Crippen LogP contribution is -2.46. The van der Waals surface area contributed by atoms with Crippen LogP contribution >= 0.6 is 0 Å². The van der Waals surface area contributed by atoms with Crippen LogP contribution in [-0.4, -0.2) is 42.9 Å². The van der Waals surface area contributed by atoms with E-state index in [2.05, 4.69) is 5.32 Å². The van der Waals surface area contributed by atoms with Crippen LogP contribution in [0.15, 0.2) is 34.9 Å². The lowest BCUT2D eigenvalue weighted by atomic mass is 10.1. The maximum Gasteiger partial charge on any atom is 0.344 e. The van der Waals surface area contributed by atoms with Gasteiger partial charge < -0.3 is 23.9 Å². The van der Waals surface area contributed by atoms with Crippen molar-refractivity contribution in [3.8, 4) is 11.5 Å².